The number of carbonyl (C=O) groups is 1. The predicted octanol–water partition coefficient (Wildman–Crippen LogP) is 1.95. The first-order valence-corrected chi connectivity index (χ1v) is 7.61. The maximum Gasteiger partial charge on any atom is 0.233 e. The lowest BCUT2D eigenvalue weighted by Gasteiger charge is -2.36. The zero-order chi connectivity index (χ0) is 11.5. The average Bonchev–Trinajstić information content (AvgIpc) is 2.29. The zero-order valence-corrected chi connectivity index (χ0v) is 10.5. The van der Waals surface area contributed by atoms with Crippen LogP contribution in [0.15, 0.2) is 0 Å². The number of rotatable bonds is 2. The summed E-state index contributed by atoms with van der Waals surface area (Å²) in [5.74, 6) is 0.194. The van der Waals surface area contributed by atoms with Gasteiger partial charge in [0.2, 0.25) is 9.05 Å². The van der Waals surface area contributed by atoms with Crippen LogP contribution < -0.4 is 0 Å². The molecule has 2 aliphatic carbocycles. The molecule has 0 aromatic rings. The van der Waals surface area contributed by atoms with Gasteiger partial charge in [0.05, 0.1) is 5.75 Å². The number of ketones is 1. The highest BCUT2D eigenvalue weighted by Gasteiger charge is 2.63. The molecule has 5 heteroatoms. The third-order valence-corrected chi connectivity index (χ3v) is 5.72. The summed E-state index contributed by atoms with van der Waals surface area (Å²) in [7, 11) is 1.81. The SMILES string of the molecule is CC1(C)C2CCC1(CS(=O)(=O)Cl)CC2=O. The number of carbonyl (C=O) groups excluding carboxylic acids is 1. The highest BCUT2D eigenvalue weighted by Crippen LogP contribution is 2.64. The Bertz CT molecular complexity index is 412. The second-order valence-corrected chi connectivity index (χ2v) is 8.20. The summed E-state index contributed by atoms with van der Waals surface area (Å²) < 4.78 is 22.4. The molecule has 2 fully saturated rings. The summed E-state index contributed by atoms with van der Waals surface area (Å²) in [6.45, 7) is 4.00. The third-order valence-electron chi connectivity index (χ3n) is 4.50. The van der Waals surface area contributed by atoms with Crippen LogP contribution in [0.25, 0.3) is 0 Å². The van der Waals surface area contributed by atoms with Crippen molar-refractivity contribution in [3.63, 3.8) is 0 Å². The van der Waals surface area contributed by atoms with Crippen molar-refractivity contribution in [3.8, 4) is 0 Å². The van der Waals surface area contributed by atoms with Crippen molar-refractivity contribution in [2.24, 2.45) is 16.7 Å². The quantitative estimate of drug-likeness (QED) is 0.704. The van der Waals surface area contributed by atoms with Gasteiger partial charge in [-0.15, -0.1) is 0 Å². The van der Waals surface area contributed by atoms with Crippen LogP contribution in [0.3, 0.4) is 0 Å². The van der Waals surface area contributed by atoms with Crippen LogP contribution in [0, 0.1) is 16.7 Å². The topological polar surface area (TPSA) is 51.2 Å². The Hall–Kier alpha value is -0.0900. The molecule has 2 saturated carbocycles. The van der Waals surface area contributed by atoms with Gasteiger partial charge in [-0.25, -0.2) is 8.42 Å². The number of hydrogen-bond donors (Lipinski definition) is 0. The van der Waals surface area contributed by atoms with E-state index in [2.05, 4.69) is 0 Å². The fourth-order valence-electron chi connectivity index (χ4n) is 3.45. The van der Waals surface area contributed by atoms with Gasteiger partial charge in [0, 0.05) is 23.0 Å². The molecule has 0 aromatic carbocycles. The molecule has 0 heterocycles. The fourth-order valence-corrected chi connectivity index (χ4v) is 5.35. The van der Waals surface area contributed by atoms with Crippen LogP contribution >= 0.6 is 10.7 Å². The van der Waals surface area contributed by atoms with E-state index in [9.17, 15) is 13.2 Å². The van der Waals surface area contributed by atoms with Crippen molar-refractivity contribution >= 4 is 25.5 Å². The summed E-state index contributed by atoms with van der Waals surface area (Å²) in [5, 5.41) is 0. The van der Waals surface area contributed by atoms with Crippen molar-refractivity contribution in [1.82, 2.24) is 0 Å². The maximum absolute atomic E-state index is 11.7. The molecule has 0 spiro atoms. The zero-order valence-electron chi connectivity index (χ0n) is 8.92. The Morgan fingerprint density at radius 3 is 2.40 bits per heavy atom. The molecule has 2 unspecified atom stereocenters. The van der Waals surface area contributed by atoms with Crippen molar-refractivity contribution in [2.75, 3.05) is 5.75 Å². The van der Waals surface area contributed by atoms with Crippen LogP contribution in [-0.2, 0) is 13.8 Å². The Kier molecular flexibility index (Phi) is 2.26. The molecule has 0 amide bonds. The Morgan fingerprint density at radius 1 is 1.47 bits per heavy atom. The van der Waals surface area contributed by atoms with Crippen LogP contribution in [-0.4, -0.2) is 20.0 Å². The minimum atomic E-state index is -3.53. The van der Waals surface area contributed by atoms with Gasteiger partial charge in [-0.05, 0) is 23.7 Å². The summed E-state index contributed by atoms with van der Waals surface area (Å²) in [4.78, 5) is 11.7. The molecular weight excluding hydrogens is 236 g/mol. The molecule has 0 N–H and O–H groups in total. The van der Waals surface area contributed by atoms with Crippen molar-refractivity contribution in [2.45, 2.75) is 33.1 Å². The van der Waals surface area contributed by atoms with E-state index in [-0.39, 0.29) is 22.9 Å². The van der Waals surface area contributed by atoms with E-state index in [4.69, 9.17) is 10.7 Å². The monoisotopic (exact) mass is 250 g/mol. The van der Waals surface area contributed by atoms with Crippen molar-refractivity contribution in [3.05, 3.63) is 0 Å². The minimum Gasteiger partial charge on any atom is -0.299 e. The third kappa shape index (κ3) is 1.53. The first-order chi connectivity index (χ1) is 6.68. The Balaban J connectivity index is 2.40. The number of Topliss-reactive ketones (excluding diaryl/α,β-unsaturated/α-hetero) is 1. The summed E-state index contributed by atoms with van der Waals surface area (Å²) in [6, 6.07) is 0. The van der Waals surface area contributed by atoms with E-state index >= 15 is 0 Å². The van der Waals surface area contributed by atoms with Crippen molar-refractivity contribution in [1.29, 1.82) is 0 Å². The van der Waals surface area contributed by atoms with Gasteiger partial charge >= 0.3 is 0 Å². The van der Waals surface area contributed by atoms with Gasteiger partial charge in [0.1, 0.15) is 5.78 Å². The summed E-state index contributed by atoms with van der Waals surface area (Å²) in [6.07, 6.45) is 2.01. The second-order valence-electron chi connectivity index (χ2n) is 5.42. The first-order valence-electron chi connectivity index (χ1n) is 5.13. The smallest absolute Gasteiger partial charge is 0.233 e. The van der Waals surface area contributed by atoms with E-state index in [1.807, 2.05) is 13.8 Å². The number of fused-ring (bicyclic) bond motifs is 2. The molecule has 15 heavy (non-hydrogen) atoms. The van der Waals surface area contributed by atoms with Crippen LogP contribution in [0.5, 0.6) is 0 Å². The van der Waals surface area contributed by atoms with E-state index in [1.165, 1.54) is 0 Å². The van der Waals surface area contributed by atoms with Gasteiger partial charge in [0.25, 0.3) is 0 Å². The van der Waals surface area contributed by atoms with Crippen LogP contribution in [0.2, 0.25) is 0 Å². The lowest BCUT2D eigenvalue weighted by Crippen LogP contribution is -2.35. The van der Waals surface area contributed by atoms with Gasteiger partial charge in [-0.3, -0.25) is 4.79 Å². The predicted molar refractivity (Wildman–Crippen MR) is 58.2 cm³/mol. The molecule has 86 valence electrons. The fraction of sp³-hybridized carbons (Fsp3) is 0.900. The lowest BCUT2D eigenvalue weighted by molar-refractivity contribution is -0.122. The molecule has 0 aromatic heterocycles. The lowest BCUT2D eigenvalue weighted by atomic mass is 9.71. The van der Waals surface area contributed by atoms with Gasteiger partial charge in [-0.1, -0.05) is 13.8 Å². The molecule has 3 nitrogen and oxygen atoms in total. The molecule has 0 saturated heterocycles. The largest absolute Gasteiger partial charge is 0.299 e. The molecular formula is C10H15ClO3S. The van der Waals surface area contributed by atoms with Crippen LogP contribution in [0.4, 0.5) is 0 Å². The van der Waals surface area contributed by atoms with Crippen LogP contribution in [0.1, 0.15) is 33.1 Å². The standard InChI is InChI=1S/C10H15ClO3S/c1-9(2)7-3-4-10(9,5-8(7)12)6-15(11,13)14/h7H,3-6H2,1-2H3. The molecule has 2 atom stereocenters. The summed E-state index contributed by atoms with van der Waals surface area (Å²) in [5.41, 5.74) is -0.624. The molecule has 0 radical (unpaired) electrons. The minimum absolute atomic E-state index is 0.0379. The van der Waals surface area contributed by atoms with Crippen molar-refractivity contribution < 1.29 is 13.2 Å². The second kappa shape index (κ2) is 2.98. The van der Waals surface area contributed by atoms with E-state index in [0.717, 1.165) is 12.8 Å². The maximum atomic E-state index is 11.7. The summed E-state index contributed by atoms with van der Waals surface area (Å²) >= 11 is 0. The molecule has 0 aliphatic heterocycles. The molecule has 2 aliphatic rings. The highest BCUT2D eigenvalue weighted by atomic mass is 35.7. The number of hydrogen-bond acceptors (Lipinski definition) is 3. The normalized spacial score (nSPS) is 38.6. The van der Waals surface area contributed by atoms with E-state index in [0.29, 0.717) is 6.42 Å². The number of halogens is 1. The Morgan fingerprint density at radius 2 is 2.07 bits per heavy atom. The first kappa shape index (κ1) is 11.4. The van der Waals surface area contributed by atoms with Gasteiger partial charge in [0.15, 0.2) is 0 Å². The van der Waals surface area contributed by atoms with E-state index < -0.39 is 14.5 Å². The van der Waals surface area contributed by atoms with Gasteiger partial charge in [-0.2, -0.15) is 0 Å². The van der Waals surface area contributed by atoms with E-state index in [1.54, 1.807) is 0 Å². The Labute approximate surface area is 94.6 Å². The molecule has 2 bridgehead atoms. The van der Waals surface area contributed by atoms with Gasteiger partial charge < -0.3 is 0 Å². The molecule has 2 rings (SSSR count). The average molecular weight is 251 g/mol. The highest BCUT2D eigenvalue weighted by molar-refractivity contribution is 8.13.